The summed E-state index contributed by atoms with van der Waals surface area (Å²) in [6.07, 6.45) is 4.84. The maximum Gasteiger partial charge on any atom is 0.270 e. The van der Waals surface area contributed by atoms with Crippen LogP contribution in [0.5, 0.6) is 0 Å². The molecule has 4 heterocycles. The van der Waals surface area contributed by atoms with E-state index in [1.165, 1.54) is 4.90 Å². The highest BCUT2D eigenvalue weighted by Crippen LogP contribution is 2.39. The van der Waals surface area contributed by atoms with Crippen molar-refractivity contribution in [2.45, 2.75) is 59.0 Å². The van der Waals surface area contributed by atoms with Gasteiger partial charge in [-0.2, -0.15) is 5.26 Å². The number of aromatic nitrogens is 1. The zero-order chi connectivity index (χ0) is 25.5. The number of anilines is 1. The van der Waals surface area contributed by atoms with Gasteiger partial charge in [0, 0.05) is 25.2 Å². The van der Waals surface area contributed by atoms with Crippen LogP contribution in [0.2, 0.25) is 0 Å². The van der Waals surface area contributed by atoms with Crippen molar-refractivity contribution >= 4 is 55.9 Å². The predicted octanol–water partition coefficient (Wildman–Crippen LogP) is 3.06. The van der Waals surface area contributed by atoms with E-state index in [4.69, 9.17) is 12.2 Å². The summed E-state index contributed by atoms with van der Waals surface area (Å²) in [5, 5.41) is 9.79. The average Bonchev–Trinajstić information content (AvgIpc) is 3.30. The van der Waals surface area contributed by atoms with Gasteiger partial charge in [0.1, 0.15) is 21.8 Å². The molecule has 1 atom stereocenters. The number of carbonyl (C=O) groups is 1. The number of rotatable bonds is 5. The van der Waals surface area contributed by atoms with Crippen molar-refractivity contribution in [3.8, 4) is 6.07 Å². The summed E-state index contributed by atoms with van der Waals surface area (Å²) in [6.45, 7) is 8.00. The molecule has 3 fully saturated rings. The van der Waals surface area contributed by atoms with Gasteiger partial charge in [-0.15, -0.1) is 0 Å². The number of piperidine rings is 1. The first-order valence-electron chi connectivity index (χ1n) is 12.0. The van der Waals surface area contributed by atoms with Gasteiger partial charge in [-0.05, 0) is 50.2 Å². The van der Waals surface area contributed by atoms with Gasteiger partial charge in [-0.25, -0.2) is 8.42 Å². The minimum absolute atomic E-state index is 0.0535. The van der Waals surface area contributed by atoms with Crippen molar-refractivity contribution in [2.75, 3.05) is 29.5 Å². The number of thioether (sulfide) groups is 1. The van der Waals surface area contributed by atoms with Gasteiger partial charge < -0.3 is 4.90 Å². The highest BCUT2D eigenvalue weighted by Gasteiger charge is 2.42. The Labute approximate surface area is 215 Å². The van der Waals surface area contributed by atoms with Crippen LogP contribution < -0.4 is 10.5 Å². The zero-order valence-electron chi connectivity index (χ0n) is 20.2. The molecule has 188 valence electrons. The fourth-order valence-electron chi connectivity index (χ4n) is 5.04. The molecule has 3 aliphatic rings. The highest BCUT2D eigenvalue weighted by molar-refractivity contribution is 8.26. The third-order valence-corrected chi connectivity index (χ3v) is 10.1. The van der Waals surface area contributed by atoms with E-state index in [2.05, 4.69) is 17.9 Å². The number of hydrogen-bond donors (Lipinski definition) is 0. The van der Waals surface area contributed by atoms with Crippen molar-refractivity contribution < 1.29 is 13.2 Å². The third-order valence-electron chi connectivity index (χ3n) is 7.05. The Morgan fingerprint density at radius 1 is 1.23 bits per heavy atom. The van der Waals surface area contributed by atoms with Crippen molar-refractivity contribution in [1.29, 1.82) is 5.26 Å². The Kier molecular flexibility index (Phi) is 7.46. The number of amides is 1. The van der Waals surface area contributed by atoms with Crippen LogP contribution in [-0.2, 0) is 21.2 Å². The van der Waals surface area contributed by atoms with E-state index >= 15 is 0 Å². The summed E-state index contributed by atoms with van der Waals surface area (Å²) < 4.78 is 26.0. The number of carbonyl (C=O) groups excluding carboxylic acids is 1. The minimum Gasteiger partial charge on any atom is -0.357 e. The topological polar surface area (TPSA) is 103 Å². The molecule has 8 nitrogen and oxygen atoms in total. The quantitative estimate of drug-likeness (QED) is 0.419. The average molecular weight is 535 g/mol. The van der Waals surface area contributed by atoms with Crippen molar-refractivity contribution in [2.24, 2.45) is 5.92 Å². The first kappa shape index (κ1) is 25.9. The zero-order valence-corrected chi connectivity index (χ0v) is 22.7. The minimum atomic E-state index is -3.18. The van der Waals surface area contributed by atoms with E-state index in [1.807, 2.05) is 6.92 Å². The fraction of sp³-hybridized carbons (Fsp3) is 0.583. The lowest BCUT2D eigenvalue weighted by molar-refractivity contribution is -0.123. The molecule has 1 aromatic heterocycles. The molecule has 1 unspecified atom stereocenters. The number of hydrogen-bond acceptors (Lipinski definition) is 8. The van der Waals surface area contributed by atoms with Gasteiger partial charge >= 0.3 is 0 Å². The highest BCUT2D eigenvalue weighted by atomic mass is 32.2. The molecule has 0 saturated carbocycles. The van der Waals surface area contributed by atoms with Crippen LogP contribution in [-0.4, -0.2) is 58.7 Å². The van der Waals surface area contributed by atoms with Crippen LogP contribution >= 0.6 is 24.0 Å². The molecular formula is C24H30N4O4S3. The summed E-state index contributed by atoms with van der Waals surface area (Å²) >= 11 is 6.63. The maximum absolute atomic E-state index is 13.4. The largest absolute Gasteiger partial charge is 0.357 e. The molecule has 0 N–H and O–H groups in total. The van der Waals surface area contributed by atoms with Gasteiger partial charge in [-0.1, -0.05) is 37.8 Å². The van der Waals surface area contributed by atoms with Gasteiger partial charge in [0.2, 0.25) is 0 Å². The van der Waals surface area contributed by atoms with Crippen LogP contribution in [0, 0.1) is 24.2 Å². The number of sulfone groups is 1. The van der Waals surface area contributed by atoms with Gasteiger partial charge in [0.15, 0.2) is 9.84 Å². The molecule has 0 aromatic carbocycles. The molecule has 0 bridgehead atoms. The van der Waals surface area contributed by atoms with Gasteiger partial charge in [0.25, 0.3) is 11.5 Å². The molecule has 1 aromatic rings. The smallest absolute Gasteiger partial charge is 0.270 e. The van der Waals surface area contributed by atoms with Crippen LogP contribution in [0.25, 0.3) is 6.08 Å². The van der Waals surface area contributed by atoms with Crippen molar-refractivity contribution in [1.82, 2.24) is 9.47 Å². The lowest BCUT2D eigenvalue weighted by Crippen LogP contribution is -2.39. The summed E-state index contributed by atoms with van der Waals surface area (Å²) in [7, 11) is -3.18. The monoisotopic (exact) mass is 534 g/mol. The molecule has 35 heavy (non-hydrogen) atoms. The third kappa shape index (κ3) is 4.93. The molecular weight excluding hydrogens is 504 g/mol. The Bertz CT molecular complexity index is 1300. The Hall–Kier alpha value is -2.16. The van der Waals surface area contributed by atoms with Crippen LogP contribution in [0.4, 0.5) is 5.82 Å². The molecule has 0 radical (unpaired) electrons. The van der Waals surface area contributed by atoms with E-state index in [0.29, 0.717) is 39.2 Å². The number of thiocarbonyl (C=S) groups is 1. The molecule has 4 rings (SSSR count). The van der Waals surface area contributed by atoms with Crippen LogP contribution in [0.1, 0.15) is 56.2 Å². The molecule has 1 amide bonds. The summed E-state index contributed by atoms with van der Waals surface area (Å²) in [5.74, 6) is 1.00. The second-order valence-electron chi connectivity index (χ2n) is 9.58. The van der Waals surface area contributed by atoms with E-state index in [1.54, 1.807) is 17.6 Å². The fourth-order valence-corrected chi connectivity index (χ4v) is 8.12. The summed E-state index contributed by atoms with van der Waals surface area (Å²) in [6, 6.07) is 1.62. The standard InChI is InChI=1S/C24H30N4O4S3/c1-4-8-27-21(26-9-5-15(2)6-10-26)18(16(3)19(13-25)22(27)29)12-20-23(30)28(24(33)34-20)17-7-11-35(31,32)14-17/h12,15,17H,4-11,14H2,1-3H3. The Morgan fingerprint density at radius 3 is 2.49 bits per heavy atom. The number of nitrogens with zero attached hydrogens (tertiary/aromatic N) is 4. The van der Waals surface area contributed by atoms with E-state index in [-0.39, 0.29) is 28.5 Å². The van der Waals surface area contributed by atoms with Crippen molar-refractivity contribution in [3.63, 3.8) is 0 Å². The normalized spacial score (nSPS) is 23.9. The second-order valence-corrected chi connectivity index (χ2v) is 13.5. The summed E-state index contributed by atoms with van der Waals surface area (Å²) in [4.78, 5) is 30.7. The summed E-state index contributed by atoms with van der Waals surface area (Å²) in [5.41, 5.74) is 1.01. The van der Waals surface area contributed by atoms with E-state index in [0.717, 1.165) is 49.9 Å². The second kappa shape index (κ2) is 10.1. The van der Waals surface area contributed by atoms with Gasteiger partial charge in [-0.3, -0.25) is 19.1 Å². The van der Waals surface area contributed by atoms with E-state index in [9.17, 15) is 23.3 Å². The number of nitriles is 1. The molecule has 0 spiro atoms. The number of pyridine rings is 1. The van der Waals surface area contributed by atoms with Gasteiger partial charge in [0.05, 0.1) is 22.5 Å². The van der Waals surface area contributed by atoms with Crippen LogP contribution in [0.15, 0.2) is 9.70 Å². The van der Waals surface area contributed by atoms with Crippen LogP contribution in [0.3, 0.4) is 0 Å². The maximum atomic E-state index is 13.4. The first-order valence-corrected chi connectivity index (χ1v) is 15.0. The molecule has 3 saturated heterocycles. The first-order chi connectivity index (χ1) is 16.6. The Balaban J connectivity index is 1.84. The van der Waals surface area contributed by atoms with E-state index < -0.39 is 15.9 Å². The van der Waals surface area contributed by atoms with Crippen molar-refractivity contribution in [3.05, 3.63) is 31.9 Å². The molecule has 3 aliphatic heterocycles. The predicted molar refractivity (Wildman–Crippen MR) is 143 cm³/mol. The Morgan fingerprint density at radius 2 is 1.91 bits per heavy atom. The molecule has 11 heteroatoms. The molecule has 0 aliphatic carbocycles. The lowest BCUT2D eigenvalue weighted by atomic mass is 9.97. The SMILES string of the molecule is CCCn1c(N2CCC(C)CC2)c(C=C2SC(=S)N(C3CCS(=O)(=O)C3)C2=O)c(C)c(C#N)c1=O. The lowest BCUT2D eigenvalue weighted by Gasteiger charge is -2.35.